The average molecular weight is 1700 g/mol. The Bertz CT molecular complexity index is 8670. The van der Waals surface area contributed by atoms with Gasteiger partial charge in [0.2, 0.25) is 0 Å². The Labute approximate surface area is 774 Å². The molecule has 0 saturated carbocycles. The quantitative estimate of drug-likeness (QED) is 0.136. The van der Waals surface area contributed by atoms with Gasteiger partial charge >= 0.3 is 0 Å². The minimum Gasteiger partial charge on any atom is -0.228 e. The molecule has 26 rings (SSSR count). The number of hydrogen-bond acceptors (Lipinski definition) is 6. The monoisotopic (exact) mass is 1700 g/mol. The van der Waals surface area contributed by atoms with E-state index in [1.807, 2.05) is 24.3 Å². The summed E-state index contributed by atoms with van der Waals surface area (Å²) in [6, 6.07) is 156. The molecule has 0 bridgehead atoms. The van der Waals surface area contributed by atoms with Crippen LogP contribution in [0, 0.1) is 0 Å². The van der Waals surface area contributed by atoms with Crippen LogP contribution in [0.4, 0.5) is 0 Å². The van der Waals surface area contributed by atoms with Crippen molar-refractivity contribution in [2.24, 2.45) is 0 Å². The fraction of sp³-hybridized carbons (Fsp3) is 0.0709. The maximum absolute atomic E-state index is 5.27. The molecule has 6 heteroatoms. The third-order valence-corrected chi connectivity index (χ3v) is 28.2. The Hall–Kier alpha value is -16.5. The summed E-state index contributed by atoms with van der Waals surface area (Å²) in [6.07, 6.45) is 0. The second-order valence-electron chi connectivity index (χ2n) is 37.1. The molecular weight excluding hydrogens is 1610 g/mol. The van der Waals surface area contributed by atoms with Gasteiger partial charge in [-0.05, 0) is 239 Å². The van der Waals surface area contributed by atoms with Gasteiger partial charge in [0.1, 0.15) is 0 Å². The first-order chi connectivity index (χ1) is 65.2. The van der Waals surface area contributed by atoms with Crippen LogP contribution in [-0.4, -0.2) is 29.9 Å². The molecule has 0 atom stereocenters. The van der Waals surface area contributed by atoms with E-state index >= 15 is 0 Å². The van der Waals surface area contributed by atoms with E-state index in [1.165, 1.54) is 132 Å². The normalized spacial score (nSPS) is 13.2. The van der Waals surface area contributed by atoms with Crippen molar-refractivity contribution in [3.63, 3.8) is 0 Å². The summed E-state index contributed by atoms with van der Waals surface area (Å²) in [7, 11) is 0. The molecule has 0 saturated heterocycles. The Balaban J connectivity index is 0.000000110. The molecule has 3 aliphatic rings. The van der Waals surface area contributed by atoms with Gasteiger partial charge in [-0.25, -0.2) is 29.9 Å². The first kappa shape index (κ1) is 79.8. The maximum Gasteiger partial charge on any atom is 0.161 e. The van der Waals surface area contributed by atoms with E-state index in [1.54, 1.807) is 0 Å². The van der Waals surface area contributed by atoms with E-state index in [0.717, 1.165) is 123 Å². The van der Waals surface area contributed by atoms with E-state index in [4.69, 9.17) is 29.9 Å². The third-order valence-electron chi connectivity index (χ3n) is 28.2. The van der Waals surface area contributed by atoms with Crippen molar-refractivity contribution in [3.05, 3.63) is 470 Å². The Morgan fingerprint density at radius 3 is 0.865 bits per heavy atom. The van der Waals surface area contributed by atoms with E-state index in [9.17, 15) is 0 Å². The Morgan fingerprint density at radius 1 is 0.143 bits per heavy atom. The minimum absolute atomic E-state index is 0.0140. The smallest absolute Gasteiger partial charge is 0.161 e. The summed E-state index contributed by atoms with van der Waals surface area (Å²) in [6.45, 7) is 14.0. The lowest BCUT2D eigenvalue weighted by atomic mass is 9.81. The Morgan fingerprint density at radius 2 is 0.429 bits per heavy atom. The van der Waals surface area contributed by atoms with Crippen molar-refractivity contribution >= 4 is 75.8 Å². The van der Waals surface area contributed by atoms with E-state index in [0.29, 0.717) is 0 Å². The van der Waals surface area contributed by atoms with Gasteiger partial charge in [-0.3, -0.25) is 0 Å². The summed E-state index contributed by atoms with van der Waals surface area (Å²) in [4.78, 5) is 30.9. The molecule has 0 amide bonds. The largest absolute Gasteiger partial charge is 0.228 e. The molecule has 0 unspecified atom stereocenters. The topological polar surface area (TPSA) is 77.3 Å². The molecule has 133 heavy (non-hydrogen) atoms. The predicted octanol–water partition coefficient (Wildman–Crippen LogP) is 33.1. The predicted molar refractivity (Wildman–Crippen MR) is 556 cm³/mol. The van der Waals surface area contributed by atoms with Crippen molar-refractivity contribution in [3.8, 4) is 146 Å². The molecule has 0 N–H and O–H groups in total. The van der Waals surface area contributed by atoms with Crippen molar-refractivity contribution in [1.82, 2.24) is 29.9 Å². The number of benzene rings is 20. The molecule has 0 radical (unpaired) electrons. The number of aromatic nitrogens is 6. The number of nitrogens with zero attached hydrogens (tertiary/aromatic N) is 6. The van der Waals surface area contributed by atoms with Crippen LogP contribution in [0.5, 0.6) is 0 Å². The van der Waals surface area contributed by atoms with Gasteiger partial charge < -0.3 is 0 Å². The standard InChI is InChI=1S/C45H32N2.C43H30N2.C39H28N2/c1-45(2)40-23-8-6-20-36(40)39-28-38-32(27-41(39)45)17-12-22-35(38)31-16-11-19-34(26-31)44-46-42-24-9-7-21-37(42)43(47-44)33-18-10-15-30(25-33)29-13-4-3-5-14-29;1-43(2)38-21-10-8-18-33(38)36-26-35-29(25-39(36)43)16-12-20-32(35)30-23-28-15-6-7-17-31(28)37(24-30)42-44-40-22-11-9-19-34(40)41(45-42)27-13-4-3-5-14-27;1-39(2)34-20-8-6-17-30(34)33-24-32-27(23-35(33)39)15-11-19-29(32)26-14-10-16-28(22-26)38-40-36-21-9-7-18-31(36)37(41-38)25-12-4-3-5-13-25/h3-28H,1-2H3;3-26H,1-2H3;3-24H,1-2H3. The summed E-state index contributed by atoms with van der Waals surface area (Å²) in [5.74, 6) is 2.20. The second kappa shape index (κ2) is 32.0. The summed E-state index contributed by atoms with van der Waals surface area (Å²) in [5, 5.41) is 13.0. The minimum atomic E-state index is -0.0316. The number of hydrogen-bond donors (Lipinski definition) is 0. The summed E-state index contributed by atoms with van der Waals surface area (Å²) in [5.41, 5.74) is 37.8. The van der Waals surface area contributed by atoms with Crippen molar-refractivity contribution in [2.75, 3.05) is 0 Å². The van der Waals surface area contributed by atoms with Crippen LogP contribution in [0.25, 0.3) is 222 Å². The average Bonchev–Trinajstić information content (AvgIpc) is 1.59. The van der Waals surface area contributed by atoms with Crippen LogP contribution in [0.15, 0.2) is 437 Å². The van der Waals surface area contributed by atoms with Gasteiger partial charge in [0.05, 0.1) is 33.6 Å². The fourth-order valence-electron chi connectivity index (χ4n) is 21.4. The molecule has 0 spiro atoms. The molecule has 3 aromatic heterocycles. The highest BCUT2D eigenvalue weighted by Gasteiger charge is 2.39. The van der Waals surface area contributed by atoms with Crippen LogP contribution in [-0.2, 0) is 16.2 Å². The van der Waals surface area contributed by atoms with Crippen LogP contribution in [0.1, 0.15) is 74.9 Å². The van der Waals surface area contributed by atoms with Crippen molar-refractivity contribution in [2.45, 2.75) is 57.8 Å². The molecule has 3 aliphatic carbocycles. The highest BCUT2D eigenvalue weighted by Crippen LogP contribution is 2.55. The molecule has 6 nitrogen and oxygen atoms in total. The zero-order valence-corrected chi connectivity index (χ0v) is 74.8. The first-order valence-corrected chi connectivity index (χ1v) is 46.0. The van der Waals surface area contributed by atoms with Crippen molar-refractivity contribution in [1.29, 1.82) is 0 Å². The lowest BCUT2D eigenvalue weighted by molar-refractivity contribution is 0.661. The number of rotatable bonds is 10. The van der Waals surface area contributed by atoms with Gasteiger partial charge in [-0.2, -0.15) is 0 Å². The van der Waals surface area contributed by atoms with Crippen LogP contribution in [0.2, 0.25) is 0 Å². The van der Waals surface area contributed by atoms with Gasteiger partial charge in [0, 0.05) is 65.8 Å². The Kier molecular flexibility index (Phi) is 19.2. The lowest BCUT2D eigenvalue weighted by Crippen LogP contribution is -2.14. The summed E-state index contributed by atoms with van der Waals surface area (Å²) < 4.78 is 0. The number of para-hydroxylation sites is 3. The SMILES string of the molecule is CC1(C)c2ccccc2-c2cc3c(-c4cc(-c5nc(-c6ccccc6)c6ccccc6n5)c5ccccc5c4)cccc3cc21.CC1(C)c2ccccc2-c2cc3c(-c4cccc(-c5nc(-c6cccc(-c7ccccc7)c6)c6ccccc6n5)c4)cccc3cc21.CC1(C)c2ccccc2-c2cc3c(-c4cccc(-c5nc(-c6ccccc6)c6ccccc6n5)c4)cccc3cc21. The van der Waals surface area contributed by atoms with Crippen LogP contribution in [0.3, 0.4) is 0 Å². The van der Waals surface area contributed by atoms with Crippen LogP contribution < -0.4 is 0 Å². The zero-order valence-electron chi connectivity index (χ0n) is 74.8. The van der Waals surface area contributed by atoms with E-state index in [2.05, 4.69) is 454 Å². The van der Waals surface area contributed by atoms with Crippen molar-refractivity contribution < 1.29 is 0 Å². The highest BCUT2D eigenvalue weighted by atomic mass is 14.9. The van der Waals surface area contributed by atoms with Gasteiger partial charge in [0.15, 0.2) is 17.5 Å². The first-order valence-electron chi connectivity index (χ1n) is 46.0. The molecule has 3 heterocycles. The fourth-order valence-corrected chi connectivity index (χ4v) is 21.4. The van der Waals surface area contributed by atoms with E-state index < -0.39 is 0 Å². The maximum atomic E-state index is 5.27. The molecule has 0 fully saturated rings. The number of fused-ring (bicyclic) bond motifs is 16. The van der Waals surface area contributed by atoms with Gasteiger partial charge in [-0.15, -0.1) is 0 Å². The zero-order chi connectivity index (χ0) is 89.2. The summed E-state index contributed by atoms with van der Waals surface area (Å²) >= 11 is 0. The lowest BCUT2D eigenvalue weighted by Gasteiger charge is -2.22. The molecule has 23 aromatic rings. The molecule has 628 valence electrons. The molecule has 20 aromatic carbocycles. The molecule has 0 aliphatic heterocycles. The second-order valence-corrected chi connectivity index (χ2v) is 37.1. The molecular formula is C127H90N6. The third kappa shape index (κ3) is 13.8. The van der Waals surface area contributed by atoms with E-state index in [-0.39, 0.29) is 16.2 Å². The van der Waals surface area contributed by atoms with Crippen LogP contribution >= 0.6 is 0 Å². The van der Waals surface area contributed by atoms with Gasteiger partial charge in [-0.1, -0.05) is 393 Å². The highest BCUT2D eigenvalue weighted by molar-refractivity contribution is 6.09. The van der Waals surface area contributed by atoms with Gasteiger partial charge in [0.25, 0.3) is 0 Å².